The fourth-order valence-electron chi connectivity index (χ4n) is 13.7. The molecule has 0 unspecified atom stereocenters. The number of hydrazine groups is 1. The Morgan fingerprint density at radius 2 is 0.993 bits per heavy atom. The number of alkyl halides is 3. The Kier molecular flexibility index (Phi) is 55.6. The van der Waals surface area contributed by atoms with E-state index in [4.69, 9.17) is 66.6 Å². The van der Waals surface area contributed by atoms with Gasteiger partial charge in [0.25, 0.3) is 0 Å². The highest BCUT2D eigenvalue weighted by Gasteiger charge is 2.44. The van der Waals surface area contributed by atoms with Crippen LogP contribution in [0.4, 0.5) is 13.2 Å². The van der Waals surface area contributed by atoms with Crippen molar-refractivity contribution < 1.29 is 139 Å². The second-order valence-corrected chi connectivity index (χ2v) is 39.2. The highest BCUT2D eigenvalue weighted by Crippen LogP contribution is 2.27. The number of nitrogens with one attached hydrogen (secondary N) is 21. The number of hydrogen-bond donors (Lipinski definition) is 32. The molecule has 3 aliphatic heterocycles. The van der Waals surface area contributed by atoms with Gasteiger partial charge >= 0.3 is 18.1 Å². The number of amides is 19. The van der Waals surface area contributed by atoms with Gasteiger partial charge in [-0.2, -0.15) is 13.2 Å². The summed E-state index contributed by atoms with van der Waals surface area (Å²) >= 11 is 0. The maximum absolute atomic E-state index is 15.3. The Bertz CT molecular complexity index is 4710. The molecular weight excluding hydrogens is 2010 g/mol. The zero-order valence-electron chi connectivity index (χ0n) is 80.1. The Morgan fingerprint density at radius 3 is 1.52 bits per heavy atom. The SMILES string of the molecule is CC(C)C[C@@H]1NC(=O)[C@H](C)NC(=O)[C@H]([C@@H](C)O)NC(=O)[C@H](CCC(=O)O)NC(=O)[C@@H]2CCCN2C(=O)[C@H](C)NC(=O)[C@H](CCCCN)NC(=O)[C@@H]2CSSC[C@@H](C(=O)N[C@@H](CCC(N)=O)C(=O)N[C@@H](CCC(N)=O)C(=O)N[C@@H](Cc3cnc[nH]3)C(N)=O)NN[C@@H](CCCNC(=N)N)C(=O)N[C@@H](CCCNC(=N)N)C(=O)N[C@@H](C)C(=O)C(=O)[C@H](CSSC[C@H](N)C(=O)N[C@@H](CC(N)=O)C(=O)N2)NC1=O.O=C(O)C(F)(F)F. The quantitative estimate of drug-likeness (QED) is 0.00986. The van der Waals surface area contributed by atoms with Crippen molar-refractivity contribution in [3.05, 3.63) is 18.2 Å². The number of aromatic nitrogens is 2. The van der Waals surface area contributed by atoms with Crippen molar-refractivity contribution in [3.63, 3.8) is 0 Å². The highest BCUT2D eigenvalue weighted by atomic mass is 33.1. The number of aromatic amines is 1. The number of nitrogens with two attached hydrogens (primary N) is 8. The van der Waals surface area contributed by atoms with E-state index in [1.54, 1.807) is 13.8 Å². The number of aliphatic carboxylic acids is 2. The van der Waals surface area contributed by atoms with Crippen molar-refractivity contribution in [1.29, 1.82) is 10.8 Å². The van der Waals surface area contributed by atoms with E-state index < -0.39 is 343 Å². The fraction of sp³-hybridized carbons (Fsp3) is 0.654. The molecule has 812 valence electrons. The lowest BCUT2D eigenvalue weighted by molar-refractivity contribution is -0.192. The summed E-state index contributed by atoms with van der Waals surface area (Å²) in [6.45, 7) is 7.38. The molecule has 3 saturated heterocycles. The van der Waals surface area contributed by atoms with Crippen molar-refractivity contribution in [2.75, 3.05) is 49.2 Å². The second-order valence-electron chi connectivity index (χ2n) is 34.1. The first-order chi connectivity index (χ1) is 68.0. The summed E-state index contributed by atoms with van der Waals surface area (Å²) in [4.78, 5) is 329. The number of halogens is 3. The second kappa shape index (κ2) is 64.0. The van der Waals surface area contributed by atoms with E-state index in [-0.39, 0.29) is 96.8 Å². The molecule has 145 heavy (non-hydrogen) atoms. The minimum Gasteiger partial charge on any atom is -0.481 e. The molecule has 0 aromatic carbocycles. The van der Waals surface area contributed by atoms with Crippen LogP contribution in [0, 0.1) is 16.7 Å². The molecule has 4 rings (SSSR count). The molecule has 0 radical (unpaired) electrons. The Hall–Kier alpha value is -13.0. The average Bonchev–Trinajstić information content (AvgIpc) is 1.69. The van der Waals surface area contributed by atoms with Gasteiger partial charge in [-0.3, -0.25) is 116 Å². The standard InChI is InChI=1S/C79H131N31O24S4.C2HF3O2/c1-35(2)26-49-71(128)105-51-31-136-135-30-41(81)64(121)104-50(28-57(84)114)72(129)106-52(73(130)98-42(12-7-8-22-80)66(123)96-38(5)77(134)110-25-11-15-54(110)75(132)101-46(18-21-58(115)116)69(126)107-59(39(6)111)76(133)95-37(4)63(120)103-49)32-137-138-33-53(109-108-47(14-10-24-92-79(88)89)70(127)97-43(13-9-23-91-78(86)87)65(122)94-36(3)60(117)61(51)118)74(131)100-44(16-19-55(82)112)67(124)99-45(17-20-56(83)113)68(125)102-48(62(85)119)27-40-29-90-34-93-40;3-2(4,5)1(6)7/h29,34-39,41-54,59,108-109,111H,7-28,30-33,80-81H2,1-6H3,(H2,82,112)(H2,83,113)(H2,84,114)(H2,85,119)(H,90,93)(H,94,122)(H,95,133)(H,96,123)(H,97,127)(H,98,130)(H,99,124)(H,100,131)(H,101,132)(H,102,125)(H,103,120)(H,104,121)(H,105,128)(H,106,129)(H,107,126)(H,115,116)(H4,86,87,91)(H4,88,89,92);(H,6,7)/t36-,37-,38-,39+,41-,42-,43-,44-,45-,46-,47-,48-,49-,50-,51-,52-,53-,54-,59-;/m0./s1. The summed E-state index contributed by atoms with van der Waals surface area (Å²) in [5, 5.41) is 82.8. The van der Waals surface area contributed by atoms with Crippen LogP contribution in [0.3, 0.4) is 0 Å². The third-order valence-electron chi connectivity index (χ3n) is 21.5. The first-order valence-electron chi connectivity index (χ1n) is 45.5. The Morgan fingerprint density at radius 1 is 0.517 bits per heavy atom. The van der Waals surface area contributed by atoms with Crippen LogP contribution in [0.15, 0.2) is 12.5 Å². The third kappa shape index (κ3) is 47.1. The van der Waals surface area contributed by atoms with Crippen LogP contribution < -0.4 is 142 Å². The number of carboxylic acids is 2. The van der Waals surface area contributed by atoms with Gasteiger partial charge in [0.05, 0.1) is 30.9 Å². The van der Waals surface area contributed by atoms with E-state index in [0.717, 1.165) is 47.3 Å². The normalized spacial score (nSPS) is 24.5. The Labute approximate surface area is 844 Å². The van der Waals surface area contributed by atoms with Crippen LogP contribution in [0.2, 0.25) is 0 Å². The lowest BCUT2D eigenvalue weighted by Gasteiger charge is -2.30. The highest BCUT2D eigenvalue weighted by molar-refractivity contribution is 8.77. The number of unbranched alkanes of at least 4 members (excludes halogenated alkanes) is 1. The van der Waals surface area contributed by atoms with Crippen LogP contribution >= 0.6 is 43.2 Å². The molecule has 0 aliphatic carbocycles. The van der Waals surface area contributed by atoms with Gasteiger partial charge in [-0.15, -0.1) is 0 Å². The number of carboxylic acid groups (broad SMARTS) is 2. The number of hydrogen-bond acceptors (Lipinski definition) is 35. The number of guanidine groups is 2. The number of ketones is 2. The number of rotatable bonds is 35. The van der Waals surface area contributed by atoms with Crippen LogP contribution in [0.5, 0.6) is 0 Å². The van der Waals surface area contributed by atoms with E-state index in [0.29, 0.717) is 27.3 Å². The van der Waals surface area contributed by atoms with Crippen LogP contribution in [-0.2, 0) is 117 Å². The molecule has 57 nitrogen and oxygen atoms in total. The average molecular weight is 2140 g/mol. The van der Waals surface area contributed by atoms with Gasteiger partial charge in [0.2, 0.25) is 124 Å². The van der Waals surface area contributed by atoms with E-state index in [1.807, 2.05) is 0 Å². The maximum Gasteiger partial charge on any atom is 0.490 e. The predicted octanol–water partition coefficient (Wildman–Crippen LogP) is -11.7. The summed E-state index contributed by atoms with van der Waals surface area (Å²) in [5.74, 6) is -32.3. The van der Waals surface area contributed by atoms with Crippen LogP contribution in [0.25, 0.3) is 0 Å². The van der Waals surface area contributed by atoms with Crippen molar-refractivity contribution in [2.24, 2.45) is 51.8 Å². The first-order valence-corrected chi connectivity index (χ1v) is 50.5. The number of H-pyrrole nitrogens is 1. The van der Waals surface area contributed by atoms with Gasteiger partial charge in [-0.25, -0.2) is 20.6 Å². The summed E-state index contributed by atoms with van der Waals surface area (Å²) in [6.07, 6.45) is -10.4. The van der Waals surface area contributed by atoms with Gasteiger partial charge in [-0.1, -0.05) is 57.0 Å². The zero-order valence-corrected chi connectivity index (χ0v) is 83.4. The number of aliphatic hydroxyl groups excluding tert-OH is 1. The molecule has 40 N–H and O–H groups in total. The first kappa shape index (κ1) is 126. The smallest absolute Gasteiger partial charge is 0.481 e. The van der Waals surface area contributed by atoms with E-state index >= 15 is 14.4 Å². The number of aliphatic hydroxyl groups is 1. The molecule has 4 heterocycles. The molecule has 3 fully saturated rings. The summed E-state index contributed by atoms with van der Waals surface area (Å²) in [6, 6.07) is -31.5. The minimum absolute atomic E-state index is 0.0387. The molecule has 1 aromatic heterocycles. The monoisotopic (exact) mass is 2140 g/mol. The number of imidazole rings is 1. The number of fused-ring (bicyclic) bond motifs is 12. The van der Waals surface area contributed by atoms with Gasteiger partial charge in [-0.05, 0) is 124 Å². The van der Waals surface area contributed by atoms with E-state index in [2.05, 4.69) is 106 Å². The molecule has 19 atom stereocenters. The Balaban J connectivity index is 0.00000742. The van der Waals surface area contributed by atoms with Crippen molar-refractivity contribution >= 4 is 191 Å². The molecule has 0 saturated carbocycles. The summed E-state index contributed by atoms with van der Waals surface area (Å²) in [7, 11) is 2.86. The fourth-order valence-corrected chi connectivity index (χ4v) is 18.3. The molecule has 64 heteroatoms. The predicted molar refractivity (Wildman–Crippen MR) is 516 cm³/mol. The van der Waals surface area contributed by atoms with Gasteiger partial charge in [0.15, 0.2) is 11.9 Å². The molecule has 1 aromatic rings. The molecule has 2 bridgehead atoms. The minimum atomic E-state index is -5.08. The van der Waals surface area contributed by atoms with Crippen LogP contribution in [-0.4, -0.2) is 348 Å². The number of nitrogens with zero attached hydrogens (tertiary/aromatic N) is 2. The third-order valence-corrected chi connectivity index (χ3v) is 26.4. The van der Waals surface area contributed by atoms with Gasteiger partial charge in [0, 0.05) is 80.2 Å². The lowest BCUT2D eigenvalue weighted by atomic mass is 10.0. The van der Waals surface area contributed by atoms with Crippen molar-refractivity contribution in [2.45, 2.75) is 278 Å². The number of Topliss-reactive ketones (excluding diaryl/α,β-unsaturated/α-hetero) is 2. The number of primary amides is 4. The van der Waals surface area contributed by atoms with Gasteiger partial charge in [0.1, 0.15) is 96.7 Å². The van der Waals surface area contributed by atoms with Crippen molar-refractivity contribution in [3.8, 4) is 0 Å². The molecule has 19 amide bonds. The topological polar surface area (TPSA) is 958 Å². The maximum atomic E-state index is 15.3. The summed E-state index contributed by atoms with van der Waals surface area (Å²) in [5.41, 5.74) is 51.7. The number of carbonyl (C=O) groups excluding carboxylic acids is 21. The van der Waals surface area contributed by atoms with Crippen molar-refractivity contribution in [1.82, 2.24) is 111 Å². The van der Waals surface area contributed by atoms with E-state index in [1.165, 1.54) is 19.4 Å². The molecule has 3 aliphatic rings. The largest absolute Gasteiger partial charge is 0.490 e. The lowest BCUT2D eigenvalue weighted by Crippen LogP contribution is -2.62. The summed E-state index contributed by atoms with van der Waals surface area (Å²) < 4.78 is 31.7. The van der Waals surface area contributed by atoms with Crippen LogP contribution in [0.1, 0.15) is 156 Å². The van der Waals surface area contributed by atoms with E-state index in [9.17, 15) is 114 Å². The zero-order chi connectivity index (χ0) is 109. The number of carbonyl (C=O) groups is 23. The molecule has 0 spiro atoms. The van der Waals surface area contributed by atoms with Gasteiger partial charge < -0.3 is 156 Å². The molecular formula is C81H132F3N31O26S4.